The number of carboxylic acid groups (broad SMARTS) is 1. The number of aliphatic hydroxyl groups is 1. The van der Waals surface area contributed by atoms with Crippen molar-refractivity contribution in [1.29, 1.82) is 0 Å². The van der Waals surface area contributed by atoms with Crippen LogP contribution in [0.5, 0.6) is 5.75 Å². The van der Waals surface area contributed by atoms with Gasteiger partial charge in [0.25, 0.3) is 5.91 Å². The van der Waals surface area contributed by atoms with Gasteiger partial charge >= 0.3 is 5.97 Å². The number of nitrogens with zero attached hydrogens (tertiary/aromatic N) is 1. The van der Waals surface area contributed by atoms with Gasteiger partial charge < -0.3 is 20.6 Å². The molecule has 0 saturated heterocycles. The summed E-state index contributed by atoms with van der Waals surface area (Å²) in [6.45, 7) is -0.221. The van der Waals surface area contributed by atoms with Crippen LogP contribution >= 0.6 is 0 Å². The highest BCUT2D eigenvalue weighted by atomic mass is 16.4. The van der Waals surface area contributed by atoms with Crippen LogP contribution in [-0.4, -0.2) is 44.8 Å². The first-order chi connectivity index (χ1) is 8.00. The highest BCUT2D eigenvalue weighted by Gasteiger charge is 2.15. The minimum Gasteiger partial charge on any atom is -0.505 e. The number of carboxylic acids is 1. The maximum absolute atomic E-state index is 11.5. The number of hydrogen-bond donors (Lipinski definition) is 4. The lowest BCUT2D eigenvalue weighted by Gasteiger charge is -2.09. The lowest BCUT2D eigenvalue weighted by Crippen LogP contribution is -2.33. The van der Waals surface area contributed by atoms with Gasteiger partial charge in [0, 0.05) is 12.7 Å². The topological polar surface area (TPSA) is 120 Å². The molecule has 0 bridgehead atoms. The summed E-state index contributed by atoms with van der Waals surface area (Å²) in [5.41, 5.74) is -0.171. The second-order valence-corrected chi connectivity index (χ2v) is 3.33. The molecular formula is C10H12N2O5. The normalized spacial score (nSPS) is 11.8. The van der Waals surface area contributed by atoms with Crippen molar-refractivity contribution in [2.24, 2.45) is 0 Å². The zero-order valence-electron chi connectivity index (χ0n) is 8.83. The fourth-order valence-electron chi connectivity index (χ4n) is 1.14. The Morgan fingerprint density at radius 3 is 2.76 bits per heavy atom. The van der Waals surface area contributed by atoms with Crippen molar-refractivity contribution >= 4 is 11.9 Å². The number of rotatable bonds is 5. The number of carbonyl (C=O) groups excluding carboxylic acids is 1. The van der Waals surface area contributed by atoms with Crippen LogP contribution in [0, 0.1) is 0 Å². The molecule has 7 nitrogen and oxygen atoms in total. The molecule has 17 heavy (non-hydrogen) atoms. The smallest absolute Gasteiger partial charge is 0.306 e. The molecule has 92 valence electrons. The van der Waals surface area contributed by atoms with Gasteiger partial charge in [0.15, 0.2) is 5.69 Å². The minimum absolute atomic E-state index is 0.171. The van der Waals surface area contributed by atoms with Gasteiger partial charge in [-0.25, -0.2) is 4.98 Å². The highest BCUT2D eigenvalue weighted by molar-refractivity contribution is 5.94. The molecule has 1 aromatic heterocycles. The predicted octanol–water partition coefficient (Wildman–Crippen LogP) is -0.647. The van der Waals surface area contributed by atoms with E-state index in [9.17, 15) is 19.8 Å². The van der Waals surface area contributed by atoms with Crippen LogP contribution in [0.3, 0.4) is 0 Å². The second kappa shape index (κ2) is 5.80. The maximum atomic E-state index is 11.5. The van der Waals surface area contributed by atoms with Gasteiger partial charge in [0.1, 0.15) is 5.75 Å². The first-order valence-electron chi connectivity index (χ1n) is 4.82. The second-order valence-electron chi connectivity index (χ2n) is 3.33. The van der Waals surface area contributed by atoms with E-state index >= 15 is 0 Å². The number of hydrogen-bond acceptors (Lipinski definition) is 5. The quantitative estimate of drug-likeness (QED) is 0.543. The first kappa shape index (κ1) is 12.9. The molecule has 1 heterocycles. The number of amides is 1. The average Bonchev–Trinajstić information content (AvgIpc) is 2.25. The summed E-state index contributed by atoms with van der Waals surface area (Å²) in [6.07, 6.45) is -0.307. The lowest BCUT2D eigenvalue weighted by molar-refractivity contribution is -0.139. The summed E-state index contributed by atoms with van der Waals surface area (Å²) < 4.78 is 0. The molecule has 0 spiro atoms. The van der Waals surface area contributed by atoms with Gasteiger partial charge in [-0.05, 0) is 12.1 Å². The Balaban J connectivity index is 2.51. The average molecular weight is 240 g/mol. The molecule has 1 amide bonds. The third-order valence-electron chi connectivity index (χ3n) is 1.91. The minimum atomic E-state index is -1.18. The van der Waals surface area contributed by atoms with E-state index in [1.54, 1.807) is 0 Å². The van der Waals surface area contributed by atoms with Crippen molar-refractivity contribution in [3.05, 3.63) is 24.0 Å². The summed E-state index contributed by atoms with van der Waals surface area (Å²) in [5, 5.41) is 29.2. The number of aromatic nitrogens is 1. The molecular weight excluding hydrogens is 228 g/mol. The van der Waals surface area contributed by atoms with E-state index in [4.69, 9.17) is 5.11 Å². The summed E-state index contributed by atoms with van der Waals surface area (Å²) in [5.74, 6) is -2.11. The largest absolute Gasteiger partial charge is 0.505 e. The van der Waals surface area contributed by atoms with E-state index < -0.39 is 24.4 Å². The highest BCUT2D eigenvalue weighted by Crippen LogP contribution is 2.11. The molecule has 0 aliphatic carbocycles. The molecule has 0 radical (unpaired) electrons. The summed E-state index contributed by atoms with van der Waals surface area (Å²) in [7, 11) is 0. The summed E-state index contributed by atoms with van der Waals surface area (Å²) >= 11 is 0. The van der Waals surface area contributed by atoms with Crippen molar-refractivity contribution in [3.63, 3.8) is 0 Å². The predicted molar refractivity (Wildman–Crippen MR) is 56.5 cm³/mol. The zero-order valence-corrected chi connectivity index (χ0v) is 8.83. The molecule has 4 N–H and O–H groups in total. The first-order valence-corrected chi connectivity index (χ1v) is 4.82. The number of pyridine rings is 1. The van der Waals surface area contributed by atoms with Crippen molar-refractivity contribution in [2.75, 3.05) is 6.54 Å². The molecule has 0 fully saturated rings. The lowest BCUT2D eigenvalue weighted by atomic mass is 10.2. The third kappa shape index (κ3) is 4.07. The van der Waals surface area contributed by atoms with Crippen LogP contribution in [0.15, 0.2) is 18.3 Å². The SMILES string of the molecule is O=C(O)CC(O)CNC(=O)c1ncccc1O. The Morgan fingerprint density at radius 2 is 2.18 bits per heavy atom. The summed E-state index contributed by atoms with van der Waals surface area (Å²) in [4.78, 5) is 25.4. The molecule has 0 aromatic carbocycles. The Hall–Kier alpha value is -2.15. The van der Waals surface area contributed by atoms with Gasteiger partial charge in [-0.2, -0.15) is 0 Å². The Morgan fingerprint density at radius 1 is 1.47 bits per heavy atom. The summed E-state index contributed by atoms with van der Waals surface area (Å²) in [6, 6.07) is 2.76. The molecule has 0 saturated carbocycles. The van der Waals surface area contributed by atoms with Crippen LogP contribution in [0.4, 0.5) is 0 Å². The van der Waals surface area contributed by atoms with Crippen molar-refractivity contribution in [1.82, 2.24) is 10.3 Å². The van der Waals surface area contributed by atoms with E-state index in [0.717, 1.165) is 0 Å². The molecule has 7 heteroatoms. The van der Waals surface area contributed by atoms with E-state index in [2.05, 4.69) is 10.3 Å². The number of carbonyl (C=O) groups is 2. The monoisotopic (exact) mass is 240 g/mol. The van der Waals surface area contributed by atoms with E-state index in [1.165, 1.54) is 18.3 Å². The molecule has 0 aliphatic heterocycles. The molecule has 1 unspecified atom stereocenters. The number of aromatic hydroxyl groups is 1. The van der Waals surface area contributed by atoms with E-state index in [-0.39, 0.29) is 18.0 Å². The number of aliphatic carboxylic acids is 1. The van der Waals surface area contributed by atoms with Crippen molar-refractivity contribution in [2.45, 2.75) is 12.5 Å². The standard InChI is InChI=1S/C10H12N2O5/c13-6(4-8(15)16)5-12-10(17)9-7(14)2-1-3-11-9/h1-3,6,13-14H,4-5H2,(H,12,17)(H,15,16). The van der Waals surface area contributed by atoms with Crippen molar-refractivity contribution < 1.29 is 24.9 Å². The molecule has 0 aliphatic rings. The molecule has 1 atom stereocenters. The molecule has 1 aromatic rings. The van der Waals surface area contributed by atoms with Crippen LogP contribution in [0.2, 0.25) is 0 Å². The van der Waals surface area contributed by atoms with Gasteiger partial charge in [-0.15, -0.1) is 0 Å². The third-order valence-corrected chi connectivity index (χ3v) is 1.91. The number of aliphatic hydroxyl groups excluding tert-OH is 1. The van der Waals surface area contributed by atoms with E-state index in [0.29, 0.717) is 0 Å². The van der Waals surface area contributed by atoms with Gasteiger partial charge in [0.2, 0.25) is 0 Å². The zero-order chi connectivity index (χ0) is 12.8. The fourth-order valence-corrected chi connectivity index (χ4v) is 1.14. The van der Waals surface area contributed by atoms with Gasteiger partial charge in [-0.3, -0.25) is 9.59 Å². The Labute approximate surface area is 96.7 Å². The maximum Gasteiger partial charge on any atom is 0.306 e. The fraction of sp³-hybridized carbons (Fsp3) is 0.300. The van der Waals surface area contributed by atoms with E-state index in [1.807, 2.05) is 0 Å². The van der Waals surface area contributed by atoms with Crippen molar-refractivity contribution in [3.8, 4) is 5.75 Å². The van der Waals surface area contributed by atoms with Crippen LogP contribution in [-0.2, 0) is 4.79 Å². The van der Waals surface area contributed by atoms with Gasteiger partial charge in [0.05, 0.1) is 12.5 Å². The Bertz CT molecular complexity index is 421. The van der Waals surface area contributed by atoms with Gasteiger partial charge in [-0.1, -0.05) is 0 Å². The van der Waals surface area contributed by atoms with Crippen LogP contribution in [0.1, 0.15) is 16.9 Å². The molecule has 1 rings (SSSR count). The van der Waals surface area contributed by atoms with Crippen LogP contribution < -0.4 is 5.32 Å². The number of nitrogens with one attached hydrogen (secondary N) is 1. The Kier molecular flexibility index (Phi) is 4.41. The van der Waals surface area contributed by atoms with Crippen LogP contribution in [0.25, 0.3) is 0 Å².